The van der Waals surface area contributed by atoms with Crippen LogP contribution < -0.4 is 0 Å². The lowest BCUT2D eigenvalue weighted by Crippen LogP contribution is -1.94. The van der Waals surface area contributed by atoms with Crippen molar-refractivity contribution in [2.75, 3.05) is 0 Å². The van der Waals surface area contributed by atoms with Gasteiger partial charge in [-0.3, -0.25) is 4.79 Å². The van der Waals surface area contributed by atoms with E-state index in [4.69, 9.17) is 5.11 Å². The molecule has 0 bridgehead atoms. The van der Waals surface area contributed by atoms with Crippen LogP contribution in [0.5, 0.6) is 0 Å². The van der Waals surface area contributed by atoms with E-state index in [2.05, 4.69) is 6.08 Å². The molecule has 0 fully saturated rings. The lowest BCUT2D eigenvalue weighted by Gasteiger charge is -2.12. The summed E-state index contributed by atoms with van der Waals surface area (Å²) in [5.74, 6) is -0.660. The molecule has 16 heavy (non-hydrogen) atoms. The molecule has 0 spiro atoms. The van der Waals surface area contributed by atoms with E-state index in [9.17, 15) is 4.79 Å². The van der Waals surface area contributed by atoms with Crippen molar-refractivity contribution < 1.29 is 9.90 Å². The number of carboxylic acid groups (broad SMARTS) is 1. The van der Waals surface area contributed by atoms with Crippen LogP contribution in [-0.2, 0) is 4.79 Å². The topological polar surface area (TPSA) is 37.3 Å². The Labute approximate surface area is 98.7 Å². The number of carboxylic acids is 1. The van der Waals surface area contributed by atoms with Gasteiger partial charge in [-0.1, -0.05) is 30.9 Å². The van der Waals surface area contributed by atoms with Crippen molar-refractivity contribution in [3.63, 3.8) is 0 Å². The maximum Gasteiger partial charge on any atom is 0.303 e. The molecule has 0 unspecified atom stereocenters. The van der Waals surface area contributed by atoms with Gasteiger partial charge in [-0.05, 0) is 44.9 Å². The summed E-state index contributed by atoms with van der Waals surface area (Å²) in [6.45, 7) is 0. The average molecular weight is 224 g/mol. The highest BCUT2D eigenvalue weighted by Crippen LogP contribution is 2.22. The highest BCUT2D eigenvalue weighted by Gasteiger charge is 2.03. The van der Waals surface area contributed by atoms with Crippen molar-refractivity contribution in [1.82, 2.24) is 0 Å². The molecule has 1 aliphatic carbocycles. The van der Waals surface area contributed by atoms with Crippen LogP contribution >= 0.6 is 0 Å². The summed E-state index contributed by atoms with van der Waals surface area (Å²) in [5.41, 5.74) is 1.66. The van der Waals surface area contributed by atoms with Crippen molar-refractivity contribution in [2.24, 2.45) is 0 Å². The molecule has 0 saturated carbocycles. The van der Waals surface area contributed by atoms with Gasteiger partial charge >= 0.3 is 5.97 Å². The van der Waals surface area contributed by atoms with Gasteiger partial charge < -0.3 is 5.11 Å². The molecule has 92 valence electrons. The van der Waals surface area contributed by atoms with Crippen LogP contribution in [0.4, 0.5) is 0 Å². The number of hydrogen-bond acceptors (Lipinski definition) is 1. The van der Waals surface area contributed by atoms with Gasteiger partial charge in [0.05, 0.1) is 0 Å². The number of aliphatic carboxylic acids is 1. The molecule has 0 aromatic carbocycles. The van der Waals surface area contributed by atoms with Gasteiger partial charge in [0.15, 0.2) is 0 Å². The molecule has 2 nitrogen and oxygen atoms in total. The van der Waals surface area contributed by atoms with Crippen molar-refractivity contribution in [3.05, 3.63) is 11.6 Å². The largest absolute Gasteiger partial charge is 0.481 e. The number of allylic oxidation sites excluding steroid dienone is 2. The first-order valence-corrected chi connectivity index (χ1v) is 6.69. The van der Waals surface area contributed by atoms with Gasteiger partial charge in [0.25, 0.3) is 0 Å². The van der Waals surface area contributed by atoms with E-state index in [1.807, 2.05) is 0 Å². The highest BCUT2D eigenvalue weighted by molar-refractivity contribution is 5.66. The molecule has 0 aliphatic heterocycles. The van der Waals surface area contributed by atoms with Crippen LogP contribution in [0.15, 0.2) is 11.6 Å². The first-order valence-electron chi connectivity index (χ1n) is 6.69. The van der Waals surface area contributed by atoms with E-state index in [1.54, 1.807) is 5.57 Å². The normalized spacial score (nSPS) is 15.9. The fourth-order valence-corrected chi connectivity index (χ4v) is 2.29. The summed E-state index contributed by atoms with van der Waals surface area (Å²) >= 11 is 0. The first kappa shape index (κ1) is 13.3. The molecule has 2 heteroatoms. The highest BCUT2D eigenvalue weighted by atomic mass is 16.4. The van der Waals surface area contributed by atoms with Crippen LogP contribution in [-0.4, -0.2) is 11.1 Å². The second kappa shape index (κ2) is 8.37. The van der Waals surface area contributed by atoms with Gasteiger partial charge in [0.2, 0.25) is 0 Å². The zero-order chi connectivity index (χ0) is 11.6. The van der Waals surface area contributed by atoms with Crippen LogP contribution in [0, 0.1) is 0 Å². The van der Waals surface area contributed by atoms with E-state index in [0.717, 1.165) is 12.8 Å². The number of rotatable bonds is 8. The lowest BCUT2D eigenvalue weighted by atomic mass is 9.95. The molecule has 0 heterocycles. The number of hydrogen-bond donors (Lipinski definition) is 1. The summed E-state index contributed by atoms with van der Waals surface area (Å²) in [7, 11) is 0. The van der Waals surface area contributed by atoms with E-state index in [-0.39, 0.29) is 0 Å². The Balaban J connectivity index is 1.88. The predicted molar refractivity (Wildman–Crippen MR) is 66.5 cm³/mol. The van der Waals surface area contributed by atoms with Gasteiger partial charge in [0, 0.05) is 6.42 Å². The Hall–Kier alpha value is -0.790. The van der Waals surface area contributed by atoms with Crippen LogP contribution in [0.1, 0.15) is 70.6 Å². The Morgan fingerprint density at radius 2 is 1.88 bits per heavy atom. The predicted octanol–water partition coefficient (Wildman–Crippen LogP) is 4.30. The SMILES string of the molecule is O=C(O)CCCCCCCC1=CCCCC1. The molecular weight excluding hydrogens is 200 g/mol. The summed E-state index contributed by atoms with van der Waals surface area (Å²) in [5, 5.41) is 8.48. The quantitative estimate of drug-likeness (QED) is 0.493. The molecule has 1 aliphatic rings. The summed E-state index contributed by atoms with van der Waals surface area (Å²) < 4.78 is 0. The fourth-order valence-electron chi connectivity index (χ4n) is 2.29. The summed E-state index contributed by atoms with van der Waals surface area (Å²) in [6, 6.07) is 0. The zero-order valence-electron chi connectivity index (χ0n) is 10.2. The summed E-state index contributed by atoms with van der Waals surface area (Å²) in [4.78, 5) is 10.3. The molecule has 0 amide bonds. The third-order valence-corrected chi connectivity index (χ3v) is 3.27. The molecule has 0 radical (unpaired) electrons. The summed E-state index contributed by atoms with van der Waals surface area (Å²) in [6.07, 6.45) is 15.1. The van der Waals surface area contributed by atoms with Crippen LogP contribution in [0.2, 0.25) is 0 Å². The van der Waals surface area contributed by atoms with Gasteiger partial charge in [-0.25, -0.2) is 0 Å². The van der Waals surface area contributed by atoms with Crippen molar-refractivity contribution in [1.29, 1.82) is 0 Å². The minimum Gasteiger partial charge on any atom is -0.481 e. The minimum atomic E-state index is -0.660. The van der Waals surface area contributed by atoms with Crippen LogP contribution in [0.3, 0.4) is 0 Å². The molecule has 1 N–H and O–H groups in total. The monoisotopic (exact) mass is 224 g/mol. The van der Waals surface area contributed by atoms with Gasteiger partial charge in [-0.2, -0.15) is 0 Å². The number of carbonyl (C=O) groups is 1. The Bertz CT molecular complexity index is 231. The molecule has 0 aromatic rings. The molecule has 0 saturated heterocycles. The van der Waals surface area contributed by atoms with E-state index >= 15 is 0 Å². The van der Waals surface area contributed by atoms with E-state index in [0.29, 0.717) is 6.42 Å². The average Bonchev–Trinajstić information content (AvgIpc) is 2.29. The van der Waals surface area contributed by atoms with Gasteiger partial charge in [-0.15, -0.1) is 0 Å². The van der Waals surface area contributed by atoms with Crippen LogP contribution in [0.25, 0.3) is 0 Å². The second-order valence-corrected chi connectivity index (χ2v) is 4.77. The third-order valence-electron chi connectivity index (χ3n) is 3.27. The maximum absolute atomic E-state index is 10.3. The Morgan fingerprint density at radius 3 is 2.56 bits per heavy atom. The van der Waals surface area contributed by atoms with Gasteiger partial charge in [0.1, 0.15) is 0 Å². The van der Waals surface area contributed by atoms with Crippen molar-refractivity contribution in [2.45, 2.75) is 70.6 Å². The molecule has 0 aromatic heterocycles. The van der Waals surface area contributed by atoms with E-state index < -0.39 is 5.97 Å². The lowest BCUT2D eigenvalue weighted by molar-refractivity contribution is -0.137. The number of unbranched alkanes of at least 4 members (excludes halogenated alkanes) is 4. The first-order chi connectivity index (χ1) is 7.79. The smallest absolute Gasteiger partial charge is 0.303 e. The molecule has 1 rings (SSSR count). The van der Waals surface area contributed by atoms with E-state index in [1.165, 1.54) is 51.4 Å². The molecule has 0 atom stereocenters. The molecular formula is C14H24O2. The minimum absolute atomic E-state index is 0.338. The second-order valence-electron chi connectivity index (χ2n) is 4.77. The fraction of sp³-hybridized carbons (Fsp3) is 0.786. The standard InChI is InChI=1S/C14H24O2/c15-14(16)12-8-3-1-2-5-9-13-10-6-4-7-11-13/h10H,1-9,11-12H2,(H,15,16). The van der Waals surface area contributed by atoms with Crippen molar-refractivity contribution in [3.8, 4) is 0 Å². The zero-order valence-corrected chi connectivity index (χ0v) is 10.2. The Morgan fingerprint density at radius 1 is 1.12 bits per heavy atom. The maximum atomic E-state index is 10.3. The van der Waals surface area contributed by atoms with Crippen molar-refractivity contribution >= 4 is 5.97 Å². The Kier molecular flexibility index (Phi) is 6.95. The third kappa shape index (κ3) is 6.65.